The van der Waals surface area contributed by atoms with E-state index in [-0.39, 0.29) is 21.9 Å². The summed E-state index contributed by atoms with van der Waals surface area (Å²) >= 11 is 0. The molecule has 0 fully saturated rings. The zero-order chi connectivity index (χ0) is 19.0. The lowest BCUT2D eigenvalue weighted by Crippen LogP contribution is -2.23. The number of rotatable bonds is 4. The Labute approximate surface area is 154 Å². The van der Waals surface area contributed by atoms with Gasteiger partial charge in [0.05, 0.1) is 27.9 Å². The molecule has 0 bridgehead atoms. The van der Waals surface area contributed by atoms with Crippen LogP contribution in [0.15, 0.2) is 79.9 Å². The van der Waals surface area contributed by atoms with Gasteiger partial charge in [0.2, 0.25) is 9.84 Å². The highest BCUT2D eigenvalue weighted by atomic mass is 32.2. The molecule has 0 unspecified atom stereocenters. The Morgan fingerprint density at radius 3 is 2.52 bits per heavy atom. The Kier molecular flexibility index (Phi) is 4.12. The van der Waals surface area contributed by atoms with Crippen LogP contribution in [0.1, 0.15) is 11.5 Å². The van der Waals surface area contributed by atoms with Gasteiger partial charge in [-0.3, -0.25) is 4.79 Å². The second-order valence-electron chi connectivity index (χ2n) is 6.10. The quantitative estimate of drug-likeness (QED) is 0.539. The normalized spacial score (nSPS) is 11.7. The van der Waals surface area contributed by atoms with E-state index in [2.05, 4.69) is 10.3 Å². The van der Waals surface area contributed by atoms with Crippen molar-refractivity contribution in [3.63, 3.8) is 0 Å². The summed E-state index contributed by atoms with van der Waals surface area (Å²) in [6.45, 7) is 1.94. The van der Waals surface area contributed by atoms with E-state index in [4.69, 9.17) is 4.52 Å². The van der Waals surface area contributed by atoms with Crippen LogP contribution in [0, 0.1) is 6.92 Å². The van der Waals surface area contributed by atoms with Crippen LogP contribution in [0.4, 0.5) is 0 Å². The maximum absolute atomic E-state index is 12.8. The molecule has 7 nitrogen and oxygen atoms in total. The third kappa shape index (κ3) is 3.15. The monoisotopic (exact) mass is 381 g/mol. The molecule has 0 aliphatic heterocycles. The van der Waals surface area contributed by atoms with Gasteiger partial charge in [-0.25, -0.2) is 13.1 Å². The summed E-state index contributed by atoms with van der Waals surface area (Å²) in [5, 5.41) is 8.84. The van der Waals surface area contributed by atoms with Gasteiger partial charge in [-0.15, -0.1) is 0 Å². The molecule has 0 spiro atoms. The average Bonchev–Trinajstić information content (AvgIpc) is 3.09. The lowest BCUT2D eigenvalue weighted by Gasteiger charge is -2.07. The van der Waals surface area contributed by atoms with Gasteiger partial charge < -0.3 is 4.52 Å². The SMILES string of the molecule is Cc1cc(Cn2ncc3cc(S(=O)(=O)c4ccccc4)ccc3c2=O)no1. The maximum atomic E-state index is 12.8. The second kappa shape index (κ2) is 6.48. The number of hydrogen-bond donors (Lipinski definition) is 0. The minimum Gasteiger partial charge on any atom is -0.361 e. The first-order valence-corrected chi connectivity index (χ1v) is 9.66. The topological polar surface area (TPSA) is 95.1 Å². The summed E-state index contributed by atoms with van der Waals surface area (Å²) in [6, 6.07) is 14.3. The van der Waals surface area contributed by atoms with E-state index in [0.717, 1.165) is 0 Å². The molecule has 0 aliphatic carbocycles. The summed E-state index contributed by atoms with van der Waals surface area (Å²) in [5.41, 5.74) is 0.265. The van der Waals surface area contributed by atoms with Crippen molar-refractivity contribution < 1.29 is 12.9 Å². The minimum absolute atomic E-state index is 0.118. The van der Waals surface area contributed by atoms with Crippen LogP contribution in [0.25, 0.3) is 10.8 Å². The third-order valence-corrected chi connectivity index (χ3v) is 5.94. The Morgan fingerprint density at radius 2 is 1.81 bits per heavy atom. The summed E-state index contributed by atoms with van der Waals surface area (Å²) in [4.78, 5) is 13.0. The van der Waals surface area contributed by atoms with Crippen LogP contribution >= 0.6 is 0 Å². The van der Waals surface area contributed by atoms with Gasteiger partial charge in [0.1, 0.15) is 11.5 Å². The van der Waals surface area contributed by atoms with Gasteiger partial charge in [-0.2, -0.15) is 5.10 Å². The molecule has 4 aromatic rings. The number of fused-ring (bicyclic) bond motifs is 1. The summed E-state index contributed by atoms with van der Waals surface area (Å²) in [6.07, 6.45) is 1.48. The minimum atomic E-state index is -3.66. The Morgan fingerprint density at radius 1 is 1.04 bits per heavy atom. The molecule has 136 valence electrons. The van der Waals surface area contributed by atoms with Crippen molar-refractivity contribution in [2.24, 2.45) is 0 Å². The van der Waals surface area contributed by atoms with Gasteiger partial charge >= 0.3 is 0 Å². The molecule has 2 heterocycles. The first kappa shape index (κ1) is 17.2. The molecule has 0 saturated carbocycles. The highest BCUT2D eigenvalue weighted by molar-refractivity contribution is 7.91. The van der Waals surface area contributed by atoms with E-state index in [9.17, 15) is 13.2 Å². The standard InChI is InChI=1S/C19H15N3O4S/c1-13-9-15(21-26-13)12-22-19(23)18-8-7-17(10-14(18)11-20-22)27(24,25)16-5-3-2-4-6-16/h2-11H,12H2,1H3. The number of benzene rings is 2. The summed E-state index contributed by atoms with van der Waals surface area (Å²) < 4.78 is 31.8. The van der Waals surface area contributed by atoms with Crippen molar-refractivity contribution in [3.8, 4) is 0 Å². The lowest BCUT2D eigenvalue weighted by molar-refractivity contribution is 0.387. The average molecular weight is 381 g/mol. The van der Waals surface area contributed by atoms with Crippen molar-refractivity contribution in [2.75, 3.05) is 0 Å². The maximum Gasteiger partial charge on any atom is 0.274 e. The molecule has 2 aromatic carbocycles. The Bertz CT molecular complexity index is 1290. The number of aromatic nitrogens is 3. The number of sulfone groups is 1. The van der Waals surface area contributed by atoms with Crippen LogP contribution < -0.4 is 5.56 Å². The Hall–Kier alpha value is -3.26. The van der Waals surface area contributed by atoms with Crippen molar-refractivity contribution >= 4 is 20.6 Å². The van der Waals surface area contributed by atoms with E-state index in [1.807, 2.05) is 0 Å². The largest absolute Gasteiger partial charge is 0.361 e. The fourth-order valence-corrected chi connectivity index (χ4v) is 4.14. The molecule has 0 amide bonds. The third-order valence-electron chi connectivity index (χ3n) is 4.18. The second-order valence-corrected chi connectivity index (χ2v) is 8.05. The van der Waals surface area contributed by atoms with Gasteiger partial charge in [-0.05, 0) is 37.3 Å². The fraction of sp³-hybridized carbons (Fsp3) is 0.105. The molecule has 4 rings (SSSR count). The van der Waals surface area contributed by atoms with Gasteiger partial charge in [0.25, 0.3) is 5.56 Å². The van der Waals surface area contributed by atoms with Gasteiger partial charge in [0, 0.05) is 11.5 Å². The van der Waals surface area contributed by atoms with Crippen LogP contribution in [0.3, 0.4) is 0 Å². The van der Waals surface area contributed by atoms with E-state index in [0.29, 0.717) is 22.2 Å². The van der Waals surface area contributed by atoms with Crippen molar-refractivity contribution in [1.29, 1.82) is 0 Å². The van der Waals surface area contributed by atoms with Crippen LogP contribution in [-0.4, -0.2) is 23.4 Å². The predicted octanol–water partition coefficient (Wildman–Crippen LogP) is 2.57. The lowest BCUT2D eigenvalue weighted by atomic mass is 10.2. The van der Waals surface area contributed by atoms with Crippen LogP contribution in [-0.2, 0) is 16.4 Å². The summed E-state index contributed by atoms with van der Waals surface area (Å²) in [7, 11) is -3.66. The van der Waals surface area contributed by atoms with Crippen LogP contribution in [0.2, 0.25) is 0 Å². The molecule has 0 N–H and O–H groups in total. The zero-order valence-corrected chi connectivity index (χ0v) is 15.2. The Balaban J connectivity index is 1.76. The summed E-state index contributed by atoms with van der Waals surface area (Å²) in [5.74, 6) is 0.648. The van der Waals surface area contributed by atoms with Gasteiger partial charge in [0.15, 0.2) is 0 Å². The van der Waals surface area contributed by atoms with Crippen molar-refractivity contribution in [1.82, 2.24) is 14.9 Å². The molecular formula is C19H15N3O4S. The van der Waals surface area contributed by atoms with Gasteiger partial charge in [-0.1, -0.05) is 23.4 Å². The van der Waals surface area contributed by atoms with Crippen LogP contribution in [0.5, 0.6) is 0 Å². The molecule has 8 heteroatoms. The fourth-order valence-electron chi connectivity index (χ4n) is 2.83. The number of nitrogens with zero attached hydrogens (tertiary/aromatic N) is 3. The number of aryl methyl sites for hydroxylation is 1. The molecule has 0 atom stereocenters. The molecule has 0 saturated heterocycles. The zero-order valence-electron chi connectivity index (χ0n) is 14.4. The predicted molar refractivity (Wildman–Crippen MR) is 98.2 cm³/mol. The van der Waals surface area contributed by atoms with E-state index in [1.165, 1.54) is 41.2 Å². The first-order valence-electron chi connectivity index (χ1n) is 8.17. The smallest absolute Gasteiger partial charge is 0.274 e. The first-order chi connectivity index (χ1) is 12.9. The van der Waals surface area contributed by atoms with E-state index >= 15 is 0 Å². The van der Waals surface area contributed by atoms with Crippen molar-refractivity contribution in [2.45, 2.75) is 23.3 Å². The molecule has 2 aromatic heterocycles. The molecule has 0 aliphatic rings. The van der Waals surface area contributed by atoms with E-state index < -0.39 is 9.84 Å². The molecular weight excluding hydrogens is 366 g/mol. The molecule has 27 heavy (non-hydrogen) atoms. The molecule has 0 radical (unpaired) electrons. The highest BCUT2D eigenvalue weighted by Crippen LogP contribution is 2.23. The van der Waals surface area contributed by atoms with E-state index in [1.54, 1.807) is 31.2 Å². The number of hydrogen-bond acceptors (Lipinski definition) is 6. The van der Waals surface area contributed by atoms with Crippen molar-refractivity contribution in [3.05, 3.63) is 82.6 Å². The highest BCUT2D eigenvalue weighted by Gasteiger charge is 2.18.